The van der Waals surface area contributed by atoms with E-state index >= 15 is 0 Å². The average Bonchev–Trinajstić information content (AvgIpc) is 3.26. The van der Waals surface area contributed by atoms with Crippen LogP contribution in [0.2, 0.25) is 10.0 Å². The molecule has 0 saturated heterocycles. The molecule has 0 aliphatic rings. The van der Waals surface area contributed by atoms with Crippen LogP contribution in [0.1, 0.15) is 31.3 Å². The second-order valence-corrected chi connectivity index (χ2v) is 6.99. The third-order valence-electron chi connectivity index (χ3n) is 4.02. The number of amides is 3. The fourth-order valence-electron chi connectivity index (χ4n) is 2.53. The summed E-state index contributed by atoms with van der Waals surface area (Å²) in [5.41, 5.74) is 1.21. The van der Waals surface area contributed by atoms with Crippen molar-refractivity contribution in [1.29, 1.82) is 0 Å². The molecule has 1 heterocycles. The summed E-state index contributed by atoms with van der Waals surface area (Å²) in [6.07, 6.45) is 1.41. The van der Waals surface area contributed by atoms with Crippen LogP contribution in [0.5, 0.6) is 0 Å². The normalized spacial score (nSPS) is 10.3. The van der Waals surface area contributed by atoms with Gasteiger partial charge in [0, 0.05) is 29.4 Å². The van der Waals surface area contributed by atoms with Gasteiger partial charge in [-0.25, -0.2) is 0 Å². The van der Waals surface area contributed by atoms with Gasteiger partial charge in [0.15, 0.2) is 5.76 Å². The first-order chi connectivity index (χ1) is 14.4. The molecule has 0 aliphatic carbocycles. The first kappa shape index (κ1) is 21.4. The Kier molecular flexibility index (Phi) is 7.11. The summed E-state index contributed by atoms with van der Waals surface area (Å²) in [7, 11) is 0. The van der Waals surface area contributed by atoms with Crippen molar-refractivity contribution in [3.05, 3.63) is 87.8 Å². The van der Waals surface area contributed by atoms with Gasteiger partial charge in [0.05, 0.1) is 16.8 Å². The highest BCUT2D eigenvalue weighted by Crippen LogP contribution is 2.22. The summed E-state index contributed by atoms with van der Waals surface area (Å²) in [5, 5.41) is 8.72. The molecule has 0 aliphatic heterocycles. The predicted octanol–water partition coefficient (Wildman–Crippen LogP) is 4.00. The monoisotopic (exact) mass is 445 g/mol. The van der Waals surface area contributed by atoms with E-state index in [0.29, 0.717) is 21.8 Å². The molecule has 1 aromatic heterocycles. The van der Waals surface area contributed by atoms with Crippen LogP contribution in [0.3, 0.4) is 0 Å². The fraction of sp³-hybridized carbons (Fsp3) is 0.0952. The van der Waals surface area contributed by atoms with E-state index in [1.807, 2.05) is 0 Å². The maximum Gasteiger partial charge on any atom is 0.287 e. The van der Waals surface area contributed by atoms with E-state index in [2.05, 4.69) is 16.0 Å². The number of furan rings is 1. The number of anilines is 1. The molecule has 3 rings (SSSR count). The summed E-state index contributed by atoms with van der Waals surface area (Å²) < 4.78 is 4.98. The first-order valence-electron chi connectivity index (χ1n) is 8.90. The quantitative estimate of drug-likeness (QED) is 0.478. The van der Waals surface area contributed by atoms with E-state index < -0.39 is 0 Å². The molecule has 3 N–H and O–H groups in total. The summed E-state index contributed by atoms with van der Waals surface area (Å²) >= 11 is 11.9. The highest BCUT2D eigenvalue weighted by molar-refractivity contribution is 6.37. The minimum absolute atomic E-state index is 0.207. The average molecular weight is 446 g/mol. The van der Waals surface area contributed by atoms with E-state index in [4.69, 9.17) is 27.6 Å². The number of benzene rings is 2. The smallest absolute Gasteiger partial charge is 0.287 e. The number of nitrogens with one attached hydrogen (secondary N) is 3. The van der Waals surface area contributed by atoms with E-state index in [-0.39, 0.29) is 41.6 Å². The number of carbonyl (C=O) groups excluding carboxylic acids is 3. The van der Waals surface area contributed by atoms with Crippen molar-refractivity contribution in [3.8, 4) is 0 Å². The Hall–Kier alpha value is -3.29. The lowest BCUT2D eigenvalue weighted by molar-refractivity contribution is 0.0910. The summed E-state index contributed by atoms with van der Waals surface area (Å²) in [4.78, 5) is 36.2. The van der Waals surface area contributed by atoms with Crippen LogP contribution in [0.4, 0.5) is 5.69 Å². The number of carbonyl (C=O) groups is 3. The molecule has 0 unspecified atom stereocenters. The van der Waals surface area contributed by atoms with Crippen LogP contribution in [-0.4, -0.2) is 30.8 Å². The SMILES string of the molecule is O=C(NCCNC(=O)c1ccco1)c1ccc(NC(=O)c2ccc(Cl)cc2Cl)cc1. The fourth-order valence-corrected chi connectivity index (χ4v) is 3.02. The molecule has 0 saturated carbocycles. The molecule has 0 fully saturated rings. The van der Waals surface area contributed by atoms with Crippen LogP contribution in [-0.2, 0) is 0 Å². The van der Waals surface area contributed by atoms with Gasteiger partial charge in [-0.3, -0.25) is 14.4 Å². The van der Waals surface area contributed by atoms with Crippen molar-refractivity contribution in [3.63, 3.8) is 0 Å². The van der Waals surface area contributed by atoms with Crippen LogP contribution < -0.4 is 16.0 Å². The van der Waals surface area contributed by atoms with Gasteiger partial charge >= 0.3 is 0 Å². The Morgan fingerprint density at radius 2 is 1.53 bits per heavy atom. The van der Waals surface area contributed by atoms with Gasteiger partial charge in [-0.2, -0.15) is 0 Å². The van der Waals surface area contributed by atoms with Gasteiger partial charge in [0.1, 0.15) is 0 Å². The van der Waals surface area contributed by atoms with E-state index in [9.17, 15) is 14.4 Å². The molecule has 0 spiro atoms. The van der Waals surface area contributed by atoms with Crippen LogP contribution in [0.25, 0.3) is 0 Å². The second kappa shape index (κ2) is 9.96. The molecule has 3 aromatic rings. The zero-order chi connectivity index (χ0) is 21.5. The lowest BCUT2D eigenvalue weighted by Gasteiger charge is -2.09. The molecule has 2 aromatic carbocycles. The minimum Gasteiger partial charge on any atom is -0.459 e. The van der Waals surface area contributed by atoms with Crippen LogP contribution in [0, 0.1) is 0 Å². The van der Waals surface area contributed by atoms with Gasteiger partial charge in [-0.15, -0.1) is 0 Å². The lowest BCUT2D eigenvalue weighted by atomic mass is 10.1. The van der Waals surface area contributed by atoms with Crippen LogP contribution >= 0.6 is 23.2 Å². The highest BCUT2D eigenvalue weighted by atomic mass is 35.5. The summed E-state index contributed by atoms with van der Waals surface area (Å²) in [6, 6.07) is 14.1. The molecule has 0 bridgehead atoms. The molecule has 9 heteroatoms. The molecular formula is C21H17Cl2N3O4. The molecule has 154 valence electrons. The third kappa shape index (κ3) is 5.62. The number of halogens is 2. The lowest BCUT2D eigenvalue weighted by Crippen LogP contribution is -2.34. The maximum absolute atomic E-state index is 12.3. The third-order valence-corrected chi connectivity index (χ3v) is 4.57. The molecular weight excluding hydrogens is 429 g/mol. The van der Waals surface area contributed by atoms with Crippen molar-refractivity contribution in [1.82, 2.24) is 10.6 Å². The number of hydrogen-bond acceptors (Lipinski definition) is 4. The van der Waals surface area contributed by atoms with E-state index in [0.717, 1.165) is 0 Å². The molecule has 30 heavy (non-hydrogen) atoms. The van der Waals surface area contributed by atoms with E-state index in [1.54, 1.807) is 42.5 Å². The predicted molar refractivity (Wildman–Crippen MR) is 114 cm³/mol. The van der Waals surface area contributed by atoms with Gasteiger partial charge in [-0.05, 0) is 54.6 Å². The first-order valence-corrected chi connectivity index (χ1v) is 9.66. The van der Waals surface area contributed by atoms with Crippen molar-refractivity contribution in [2.45, 2.75) is 0 Å². The number of rotatable bonds is 7. The van der Waals surface area contributed by atoms with Crippen molar-refractivity contribution < 1.29 is 18.8 Å². The van der Waals surface area contributed by atoms with Gasteiger partial charge in [-0.1, -0.05) is 23.2 Å². The highest BCUT2D eigenvalue weighted by Gasteiger charge is 2.12. The second-order valence-electron chi connectivity index (χ2n) is 6.14. The standard InChI is InChI=1S/C21H17Cl2N3O4/c22-14-5-8-16(17(23)12-14)20(28)26-15-6-3-13(4-7-15)19(27)24-9-10-25-21(29)18-2-1-11-30-18/h1-8,11-12H,9-10H2,(H,24,27)(H,25,29)(H,26,28). The zero-order valence-corrected chi connectivity index (χ0v) is 17.1. The van der Waals surface area contributed by atoms with Crippen LogP contribution in [0.15, 0.2) is 65.3 Å². The Balaban J connectivity index is 1.48. The maximum atomic E-state index is 12.3. The molecule has 0 radical (unpaired) electrons. The molecule has 0 atom stereocenters. The summed E-state index contributed by atoms with van der Waals surface area (Å²) in [5.74, 6) is -0.837. The van der Waals surface area contributed by atoms with E-state index in [1.165, 1.54) is 18.4 Å². The van der Waals surface area contributed by atoms with Crippen molar-refractivity contribution in [2.75, 3.05) is 18.4 Å². The van der Waals surface area contributed by atoms with Crippen molar-refractivity contribution >= 4 is 46.6 Å². The Morgan fingerprint density at radius 3 is 2.17 bits per heavy atom. The topological polar surface area (TPSA) is 100 Å². The number of hydrogen-bond donors (Lipinski definition) is 3. The zero-order valence-electron chi connectivity index (χ0n) is 15.6. The molecule has 7 nitrogen and oxygen atoms in total. The molecule has 3 amide bonds. The Morgan fingerprint density at radius 1 is 0.833 bits per heavy atom. The summed E-state index contributed by atoms with van der Waals surface area (Å²) in [6.45, 7) is 0.500. The Labute approximate surface area is 182 Å². The van der Waals surface area contributed by atoms with Gasteiger partial charge in [0.25, 0.3) is 17.7 Å². The van der Waals surface area contributed by atoms with Gasteiger partial charge < -0.3 is 20.4 Å². The largest absolute Gasteiger partial charge is 0.459 e. The Bertz CT molecular complexity index is 1050. The van der Waals surface area contributed by atoms with Crippen molar-refractivity contribution in [2.24, 2.45) is 0 Å². The minimum atomic E-state index is -0.388. The van der Waals surface area contributed by atoms with Gasteiger partial charge in [0.2, 0.25) is 0 Å².